The number of nitrogens with zero attached hydrogens (tertiary/aromatic N) is 4. The van der Waals surface area contributed by atoms with Crippen LogP contribution < -0.4 is 9.64 Å². The lowest BCUT2D eigenvalue weighted by atomic mass is 10.1. The Bertz CT molecular complexity index is 1260. The Morgan fingerprint density at radius 3 is 2.28 bits per heavy atom. The zero-order valence-electron chi connectivity index (χ0n) is 23.3. The van der Waals surface area contributed by atoms with Gasteiger partial charge in [-0.15, -0.1) is 0 Å². The van der Waals surface area contributed by atoms with E-state index in [1.54, 1.807) is 13.1 Å². The number of rotatable bonds is 10. The molecule has 0 saturated carbocycles. The van der Waals surface area contributed by atoms with Gasteiger partial charge in [-0.2, -0.15) is 13.7 Å². The third kappa shape index (κ3) is 10.1. The molecule has 212 valence electrons. The van der Waals surface area contributed by atoms with E-state index in [9.17, 15) is 18.5 Å². The number of piperazine rings is 1. The molecule has 0 atom stereocenters. The molecule has 3 rings (SSSR count). The highest BCUT2D eigenvalue weighted by Crippen LogP contribution is 2.27. The number of benzene rings is 2. The van der Waals surface area contributed by atoms with E-state index in [0.717, 1.165) is 55.8 Å². The molecule has 2 aromatic carbocycles. The highest BCUT2D eigenvalue weighted by atomic mass is 32.2. The first kappa shape index (κ1) is 30.2. The van der Waals surface area contributed by atoms with E-state index in [1.807, 2.05) is 57.2 Å². The summed E-state index contributed by atoms with van der Waals surface area (Å²) < 4.78 is 38.5. The van der Waals surface area contributed by atoms with Crippen LogP contribution in [0, 0.1) is 11.3 Å². The van der Waals surface area contributed by atoms with Gasteiger partial charge in [0.2, 0.25) is 0 Å². The van der Waals surface area contributed by atoms with Gasteiger partial charge in [-0.3, -0.25) is 9.08 Å². The Kier molecular flexibility index (Phi) is 10.2. The summed E-state index contributed by atoms with van der Waals surface area (Å²) in [7, 11) is -1.81. The average Bonchev–Trinajstić information content (AvgIpc) is 2.87. The number of hydrogen-bond donors (Lipinski definition) is 0. The van der Waals surface area contributed by atoms with Crippen LogP contribution in [0.5, 0.6) is 5.75 Å². The lowest BCUT2D eigenvalue weighted by Gasteiger charge is -2.36. The van der Waals surface area contributed by atoms with Gasteiger partial charge in [0.1, 0.15) is 24.0 Å². The minimum Gasteiger partial charge on any atom is -0.490 e. The average molecular weight is 559 g/mol. The van der Waals surface area contributed by atoms with E-state index in [2.05, 4.69) is 15.9 Å². The first-order valence-corrected chi connectivity index (χ1v) is 14.7. The summed E-state index contributed by atoms with van der Waals surface area (Å²) in [6, 6.07) is 15.5. The number of carbonyl (C=O) groups excluding carboxylic acids is 1. The fourth-order valence-corrected chi connectivity index (χ4v) is 4.33. The number of amides is 1. The van der Waals surface area contributed by atoms with Gasteiger partial charge in [0.05, 0.1) is 25.0 Å². The van der Waals surface area contributed by atoms with E-state index in [1.165, 1.54) is 4.90 Å². The van der Waals surface area contributed by atoms with Crippen LogP contribution in [-0.2, 0) is 32.2 Å². The van der Waals surface area contributed by atoms with Crippen LogP contribution in [0.15, 0.2) is 42.5 Å². The predicted molar refractivity (Wildman–Crippen MR) is 149 cm³/mol. The van der Waals surface area contributed by atoms with Gasteiger partial charge in [-0.05, 0) is 44.0 Å². The second-order valence-corrected chi connectivity index (χ2v) is 12.2. The topological polar surface area (TPSA) is 112 Å². The lowest BCUT2D eigenvalue weighted by Crippen LogP contribution is -2.46. The van der Waals surface area contributed by atoms with Crippen LogP contribution >= 0.6 is 0 Å². The van der Waals surface area contributed by atoms with Crippen LogP contribution in [0.2, 0.25) is 0 Å². The third-order valence-corrected chi connectivity index (χ3v) is 6.63. The number of hydrogen-bond acceptors (Lipinski definition) is 9. The Labute approximate surface area is 231 Å². The van der Waals surface area contributed by atoms with Crippen molar-refractivity contribution < 1.29 is 26.9 Å². The number of nitriles is 1. The van der Waals surface area contributed by atoms with Crippen LogP contribution in [0.25, 0.3) is 0 Å². The Morgan fingerprint density at radius 2 is 1.69 bits per heavy atom. The molecule has 0 radical (unpaired) electrons. The van der Waals surface area contributed by atoms with Gasteiger partial charge in [0.25, 0.3) is 10.1 Å². The molecule has 0 aliphatic carbocycles. The van der Waals surface area contributed by atoms with Crippen LogP contribution in [-0.4, -0.2) is 82.5 Å². The second-order valence-electron chi connectivity index (χ2n) is 10.6. The molecular formula is C28H38N4O6S. The van der Waals surface area contributed by atoms with Crippen molar-refractivity contribution in [1.82, 2.24) is 9.80 Å². The first-order chi connectivity index (χ1) is 18.3. The highest BCUT2D eigenvalue weighted by molar-refractivity contribution is 7.85. The van der Waals surface area contributed by atoms with E-state index in [-0.39, 0.29) is 13.2 Å². The normalized spacial score (nSPS) is 14.5. The summed E-state index contributed by atoms with van der Waals surface area (Å²) >= 11 is 0. The van der Waals surface area contributed by atoms with Gasteiger partial charge >= 0.3 is 6.09 Å². The summed E-state index contributed by atoms with van der Waals surface area (Å²) in [5, 5.41) is 9.53. The van der Waals surface area contributed by atoms with E-state index in [4.69, 9.17) is 13.7 Å². The summed E-state index contributed by atoms with van der Waals surface area (Å²) in [5.41, 5.74) is 2.82. The van der Waals surface area contributed by atoms with Crippen molar-refractivity contribution in [2.75, 3.05) is 57.5 Å². The molecule has 1 amide bonds. The molecule has 1 fully saturated rings. The zero-order valence-corrected chi connectivity index (χ0v) is 24.2. The molecule has 2 aromatic rings. The monoisotopic (exact) mass is 558 g/mol. The highest BCUT2D eigenvalue weighted by Gasteiger charge is 2.21. The molecule has 0 aromatic heterocycles. The van der Waals surface area contributed by atoms with Crippen LogP contribution in [0.3, 0.4) is 0 Å². The standard InChI is InChI=1S/C28H38N4O6S/c1-28(2,3)38-27(33)30(4)16-17-36-26-18-25(11-10-24(26)19-29)32-14-12-31(13-15-32)20-22-6-8-23(9-7-22)21-37-39(5,34)35/h6-11,18H,12-17,20-21H2,1-5H3. The van der Waals surface area contributed by atoms with Crippen LogP contribution in [0.4, 0.5) is 10.5 Å². The Hall–Kier alpha value is -3.33. The molecule has 1 aliphatic heterocycles. The molecule has 0 bridgehead atoms. The summed E-state index contributed by atoms with van der Waals surface area (Å²) in [4.78, 5) is 18.3. The van der Waals surface area contributed by atoms with Crippen molar-refractivity contribution >= 4 is 21.9 Å². The molecule has 1 aliphatic rings. The summed E-state index contributed by atoms with van der Waals surface area (Å²) in [5.74, 6) is 0.495. The maximum Gasteiger partial charge on any atom is 0.410 e. The smallest absolute Gasteiger partial charge is 0.410 e. The Morgan fingerprint density at radius 1 is 1.05 bits per heavy atom. The molecule has 10 nitrogen and oxygen atoms in total. The van der Waals surface area contributed by atoms with Gasteiger partial charge < -0.3 is 19.3 Å². The molecule has 0 N–H and O–H groups in total. The molecular weight excluding hydrogens is 520 g/mol. The summed E-state index contributed by atoms with van der Waals surface area (Å²) in [6.07, 6.45) is 0.621. The minimum atomic E-state index is -3.46. The van der Waals surface area contributed by atoms with Gasteiger partial charge in [-0.25, -0.2) is 4.79 Å². The SMILES string of the molecule is CN(CCOc1cc(N2CCN(Cc3ccc(COS(C)(=O)=O)cc3)CC2)ccc1C#N)C(=O)OC(C)(C)C. The van der Waals surface area contributed by atoms with Gasteiger partial charge in [0, 0.05) is 51.5 Å². The van der Waals surface area contributed by atoms with Crippen molar-refractivity contribution in [2.24, 2.45) is 0 Å². The van der Waals surface area contributed by atoms with Crippen molar-refractivity contribution in [3.8, 4) is 11.8 Å². The van der Waals surface area contributed by atoms with Crippen LogP contribution in [0.1, 0.15) is 37.5 Å². The molecule has 1 saturated heterocycles. The largest absolute Gasteiger partial charge is 0.490 e. The molecule has 0 spiro atoms. The molecule has 39 heavy (non-hydrogen) atoms. The molecule has 0 unspecified atom stereocenters. The maximum absolute atomic E-state index is 12.2. The van der Waals surface area contributed by atoms with E-state index < -0.39 is 21.8 Å². The number of ether oxygens (including phenoxy) is 2. The fraction of sp³-hybridized carbons (Fsp3) is 0.500. The number of anilines is 1. The van der Waals surface area contributed by atoms with Gasteiger partial charge in [0.15, 0.2) is 0 Å². The first-order valence-electron chi connectivity index (χ1n) is 12.8. The zero-order chi connectivity index (χ0) is 28.6. The fourth-order valence-electron chi connectivity index (χ4n) is 3.98. The number of carbonyl (C=O) groups is 1. The van der Waals surface area contributed by atoms with E-state index in [0.29, 0.717) is 17.9 Å². The third-order valence-electron chi connectivity index (χ3n) is 6.08. The van der Waals surface area contributed by atoms with Crippen molar-refractivity contribution in [3.05, 3.63) is 59.2 Å². The van der Waals surface area contributed by atoms with Crippen molar-refractivity contribution in [2.45, 2.75) is 39.5 Å². The molecule has 11 heteroatoms. The van der Waals surface area contributed by atoms with Crippen molar-refractivity contribution in [3.63, 3.8) is 0 Å². The molecule has 1 heterocycles. The Balaban J connectivity index is 1.51. The minimum absolute atomic E-state index is 0.0362. The second kappa shape index (κ2) is 13.2. The van der Waals surface area contributed by atoms with Gasteiger partial charge in [-0.1, -0.05) is 24.3 Å². The lowest BCUT2D eigenvalue weighted by molar-refractivity contribution is 0.0278. The quantitative estimate of drug-likeness (QED) is 0.404. The summed E-state index contributed by atoms with van der Waals surface area (Å²) in [6.45, 7) is 10.2. The predicted octanol–water partition coefficient (Wildman–Crippen LogP) is 3.60. The van der Waals surface area contributed by atoms with E-state index >= 15 is 0 Å². The van der Waals surface area contributed by atoms with Crippen molar-refractivity contribution in [1.29, 1.82) is 5.26 Å². The number of likely N-dealkylation sites (N-methyl/N-ethyl adjacent to an activating group) is 1. The maximum atomic E-state index is 12.2.